The van der Waals surface area contributed by atoms with Crippen molar-refractivity contribution >= 4 is 40.6 Å². The number of hydrogen-bond donors (Lipinski definition) is 2. The van der Waals surface area contributed by atoms with Gasteiger partial charge in [0.15, 0.2) is 5.11 Å². The van der Waals surface area contributed by atoms with Crippen molar-refractivity contribution in [1.29, 1.82) is 0 Å². The predicted octanol–water partition coefficient (Wildman–Crippen LogP) is 4.79. The molecule has 186 valence electrons. The lowest BCUT2D eigenvalue weighted by atomic mass is 10.0. The summed E-state index contributed by atoms with van der Waals surface area (Å²) in [5, 5.41) is 6.84. The summed E-state index contributed by atoms with van der Waals surface area (Å²) < 4.78 is 6.91. The largest absolute Gasteiger partial charge is 0.465 e. The molecule has 2 aromatic carbocycles. The molecule has 0 bridgehead atoms. The molecule has 0 radical (unpaired) electrons. The molecule has 2 aromatic heterocycles. The maximum absolute atomic E-state index is 11.9. The number of esters is 1. The molecule has 1 aliphatic heterocycles. The number of thiocarbonyl (C=S) groups is 1. The van der Waals surface area contributed by atoms with Crippen LogP contribution in [0.25, 0.3) is 5.69 Å². The van der Waals surface area contributed by atoms with E-state index in [1.807, 2.05) is 66.9 Å². The monoisotopic (exact) mass is 511 g/mol. The summed E-state index contributed by atoms with van der Waals surface area (Å²) in [6.07, 6.45) is 3.75. The Morgan fingerprint density at radius 2 is 1.70 bits per heavy atom. The molecular weight excluding hydrogens is 486 g/mol. The lowest BCUT2D eigenvalue weighted by Gasteiger charge is -2.29. The van der Waals surface area contributed by atoms with Gasteiger partial charge in [0.25, 0.3) is 0 Å². The first kappa shape index (κ1) is 24.2. The number of amides is 1. The summed E-state index contributed by atoms with van der Waals surface area (Å²) >= 11 is 5.83. The third-order valence-corrected chi connectivity index (χ3v) is 6.53. The Kier molecular flexibility index (Phi) is 6.70. The average Bonchev–Trinajstić information content (AvgIpc) is 3.53. The van der Waals surface area contributed by atoms with Gasteiger partial charge in [0.2, 0.25) is 5.91 Å². The number of nitrogens with one attached hydrogen (secondary N) is 2. The number of benzene rings is 2. The van der Waals surface area contributed by atoms with Crippen LogP contribution in [0.3, 0.4) is 0 Å². The molecule has 0 spiro atoms. The maximum atomic E-state index is 11.9. The second-order valence-corrected chi connectivity index (χ2v) is 8.95. The van der Waals surface area contributed by atoms with Gasteiger partial charge in [-0.3, -0.25) is 9.78 Å². The molecule has 1 fully saturated rings. The molecule has 0 saturated carbocycles. The molecule has 0 aliphatic carbocycles. The van der Waals surface area contributed by atoms with Crippen molar-refractivity contribution in [3.8, 4) is 5.69 Å². The van der Waals surface area contributed by atoms with Crippen LogP contribution >= 0.6 is 12.2 Å². The van der Waals surface area contributed by atoms with E-state index in [-0.39, 0.29) is 24.0 Å². The standard InChI is InChI=1S/C28H25N5O3S/c1-18(34)30-20-10-14-22(15-11-20)33-26(25(31-28(33)37)23-6-3-4-16-29-23)24-7-5-17-32(24)21-12-8-19(9-13-21)27(35)36-2/h3-17,25-26H,1-2H3,(H,30,34)(H,31,37). The highest BCUT2D eigenvalue weighted by molar-refractivity contribution is 7.80. The van der Waals surface area contributed by atoms with Crippen LogP contribution in [0, 0.1) is 0 Å². The van der Waals surface area contributed by atoms with Crippen LogP contribution < -0.4 is 15.5 Å². The van der Waals surface area contributed by atoms with E-state index in [1.54, 1.807) is 18.3 Å². The van der Waals surface area contributed by atoms with E-state index in [2.05, 4.69) is 31.2 Å². The number of aromatic nitrogens is 2. The summed E-state index contributed by atoms with van der Waals surface area (Å²) in [6, 6.07) is 24.3. The van der Waals surface area contributed by atoms with E-state index >= 15 is 0 Å². The molecule has 3 heterocycles. The van der Waals surface area contributed by atoms with E-state index in [1.165, 1.54) is 14.0 Å². The fourth-order valence-electron chi connectivity index (χ4n) is 4.59. The molecule has 4 aromatic rings. The topological polar surface area (TPSA) is 88.5 Å². The minimum absolute atomic E-state index is 0.129. The Morgan fingerprint density at radius 3 is 2.35 bits per heavy atom. The van der Waals surface area contributed by atoms with Crippen LogP contribution in [-0.4, -0.2) is 33.6 Å². The predicted molar refractivity (Wildman–Crippen MR) is 146 cm³/mol. The molecular formula is C28H25N5O3S. The number of hydrogen-bond acceptors (Lipinski definition) is 5. The number of carbonyl (C=O) groups excluding carboxylic acids is 2. The highest BCUT2D eigenvalue weighted by Crippen LogP contribution is 2.42. The lowest BCUT2D eigenvalue weighted by molar-refractivity contribution is -0.114. The average molecular weight is 512 g/mol. The van der Waals surface area contributed by atoms with Gasteiger partial charge in [0.05, 0.1) is 24.4 Å². The normalized spacial score (nSPS) is 16.8. The molecule has 1 saturated heterocycles. The fraction of sp³-hybridized carbons (Fsp3) is 0.143. The first-order chi connectivity index (χ1) is 18.0. The number of pyridine rings is 1. The smallest absolute Gasteiger partial charge is 0.337 e. The van der Waals surface area contributed by atoms with Crippen LogP contribution in [0.1, 0.15) is 40.8 Å². The molecule has 2 atom stereocenters. The summed E-state index contributed by atoms with van der Waals surface area (Å²) in [4.78, 5) is 30.1. The minimum Gasteiger partial charge on any atom is -0.465 e. The van der Waals surface area contributed by atoms with Gasteiger partial charge in [-0.05, 0) is 85.0 Å². The van der Waals surface area contributed by atoms with Crippen LogP contribution in [-0.2, 0) is 9.53 Å². The van der Waals surface area contributed by atoms with Crippen molar-refractivity contribution in [1.82, 2.24) is 14.9 Å². The Labute approximate surface area is 219 Å². The highest BCUT2D eigenvalue weighted by atomic mass is 32.1. The molecule has 5 rings (SSSR count). The van der Waals surface area contributed by atoms with Gasteiger partial charge in [-0.2, -0.15) is 0 Å². The SMILES string of the molecule is COC(=O)c1ccc(-n2cccc2C2C(c3ccccn3)NC(=S)N2c2ccc(NC(C)=O)cc2)cc1. The number of anilines is 2. The maximum Gasteiger partial charge on any atom is 0.337 e. The Balaban J connectivity index is 1.58. The third kappa shape index (κ3) is 4.81. The first-order valence-electron chi connectivity index (χ1n) is 11.7. The van der Waals surface area contributed by atoms with Crippen molar-refractivity contribution in [2.45, 2.75) is 19.0 Å². The quantitative estimate of drug-likeness (QED) is 0.284. The van der Waals surface area contributed by atoms with Gasteiger partial charge in [0, 0.05) is 42.1 Å². The lowest BCUT2D eigenvalue weighted by Crippen LogP contribution is -2.30. The van der Waals surface area contributed by atoms with Gasteiger partial charge < -0.3 is 24.8 Å². The van der Waals surface area contributed by atoms with E-state index < -0.39 is 0 Å². The molecule has 8 nitrogen and oxygen atoms in total. The molecule has 9 heteroatoms. The van der Waals surface area contributed by atoms with Crippen LogP contribution in [0.5, 0.6) is 0 Å². The Hall–Kier alpha value is -4.50. The number of methoxy groups -OCH3 is 1. The second-order valence-electron chi connectivity index (χ2n) is 8.57. The number of nitrogens with zero attached hydrogens (tertiary/aromatic N) is 3. The highest BCUT2D eigenvalue weighted by Gasteiger charge is 2.42. The summed E-state index contributed by atoms with van der Waals surface area (Å²) in [7, 11) is 1.37. The zero-order chi connectivity index (χ0) is 25.9. The van der Waals surface area contributed by atoms with Crippen molar-refractivity contribution in [2.75, 3.05) is 17.3 Å². The van der Waals surface area contributed by atoms with Crippen LogP contribution in [0.2, 0.25) is 0 Å². The summed E-state index contributed by atoms with van der Waals surface area (Å²) in [6.45, 7) is 1.48. The van der Waals surface area contributed by atoms with Crippen molar-refractivity contribution < 1.29 is 14.3 Å². The number of rotatable bonds is 6. The van der Waals surface area contributed by atoms with Gasteiger partial charge in [-0.15, -0.1) is 0 Å². The van der Waals surface area contributed by atoms with E-state index in [4.69, 9.17) is 17.0 Å². The number of ether oxygens (including phenoxy) is 1. The van der Waals surface area contributed by atoms with Gasteiger partial charge in [0.1, 0.15) is 6.04 Å². The van der Waals surface area contributed by atoms with Crippen LogP contribution in [0.15, 0.2) is 91.3 Å². The fourth-order valence-corrected chi connectivity index (χ4v) is 4.93. The Morgan fingerprint density at radius 1 is 0.973 bits per heavy atom. The van der Waals surface area contributed by atoms with E-state index in [0.717, 1.165) is 22.8 Å². The van der Waals surface area contributed by atoms with Crippen molar-refractivity contribution in [3.05, 3.63) is 108 Å². The van der Waals surface area contributed by atoms with E-state index in [0.29, 0.717) is 16.4 Å². The molecule has 1 aliphatic rings. The van der Waals surface area contributed by atoms with Crippen LogP contribution in [0.4, 0.5) is 11.4 Å². The first-order valence-corrected chi connectivity index (χ1v) is 12.1. The molecule has 2 N–H and O–H groups in total. The third-order valence-electron chi connectivity index (χ3n) is 6.21. The summed E-state index contributed by atoms with van der Waals surface area (Å²) in [5.41, 5.74) is 4.81. The minimum atomic E-state index is -0.381. The Bertz CT molecular complexity index is 1430. The van der Waals surface area contributed by atoms with Gasteiger partial charge in [-0.1, -0.05) is 6.07 Å². The van der Waals surface area contributed by atoms with Gasteiger partial charge in [-0.25, -0.2) is 4.79 Å². The number of carbonyl (C=O) groups is 2. The van der Waals surface area contributed by atoms with Crippen molar-refractivity contribution in [3.63, 3.8) is 0 Å². The molecule has 37 heavy (non-hydrogen) atoms. The zero-order valence-corrected chi connectivity index (χ0v) is 21.1. The second kappa shape index (κ2) is 10.2. The van der Waals surface area contributed by atoms with Crippen molar-refractivity contribution in [2.24, 2.45) is 0 Å². The van der Waals surface area contributed by atoms with E-state index in [9.17, 15) is 9.59 Å². The molecule has 1 amide bonds. The zero-order valence-electron chi connectivity index (χ0n) is 20.3. The van der Waals surface area contributed by atoms with Gasteiger partial charge >= 0.3 is 5.97 Å². The summed E-state index contributed by atoms with van der Waals surface area (Å²) in [5.74, 6) is -0.510. The molecule has 2 unspecified atom stereocenters.